The number of alkyl halides is 6. The fourth-order valence-corrected chi connectivity index (χ4v) is 5.53. The molecule has 0 saturated heterocycles. The third-order valence-electron chi connectivity index (χ3n) is 7.27. The Balaban J connectivity index is 1.62. The largest absolute Gasteiger partial charge is 0.446 e. The summed E-state index contributed by atoms with van der Waals surface area (Å²) in [6.45, 7) is 3.43. The van der Waals surface area contributed by atoms with Crippen molar-refractivity contribution in [3.05, 3.63) is 63.7 Å². The van der Waals surface area contributed by atoms with E-state index in [4.69, 9.17) is 4.74 Å². The first-order valence-corrected chi connectivity index (χ1v) is 13.2. The highest BCUT2D eigenvalue weighted by atomic mass is 19.4. The first-order valence-electron chi connectivity index (χ1n) is 13.2. The van der Waals surface area contributed by atoms with Gasteiger partial charge in [0, 0.05) is 13.1 Å². The maximum atomic E-state index is 13.6. The van der Waals surface area contributed by atoms with Gasteiger partial charge in [-0.2, -0.15) is 31.6 Å². The van der Waals surface area contributed by atoms with Gasteiger partial charge in [-0.1, -0.05) is 11.2 Å². The van der Waals surface area contributed by atoms with Crippen LogP contribution in [0.15, 0.2) is 30.3 Å². The number of hydrogen-bond acceptors (Lipinski definition) is 6. The van der Waals surface area contributed by atoms with Crippen LogP contribution in [0.4, 0.5) is 42.8 Å². The number of hydrogen-bond donors (Lipinski definition) is 1. The number of halogens is 6. The molecule has 2 aliphatic rings. The zero-order valence-corrected chi connectivity index (χ0v) is 22.3. The molecule has 2 heterocycles. The average Bonchev–Trinajstić information content (AvgIpc) is 3.54. The number of rotatable bonds is 5. The number of nitrogens with zero attached hydrogens (tertiary/aromatic N) is 5. The summed E-state index contributed by atoms with van der Waals surface area (Å²) in [7, 11) is 0. The van der Waals surface area contributed by atoms with Crippen molar-refractivity contribution >= 4 is 17.7 Å². The predicted molar refractivity (Wildman–Crippen MR) is 136 cm³/mol. The van der Waals surface area contributed by atoms with Gasteiger partial charge in [0.15, 0.2) is 0 Å². The number of amides is 1. The van der Waals surface area contributed by atoms with Crippen molar-refractivity contribution in [3.8, 4) is 0 Å². The van der Waals surface area contributed by atoms with E-state index in [1.807, 2.05) is 12.1 Å². The van der Waals surface area contributed by atoms with Crippen LogP contribution in [0.3, 0.4) is 0 Å². The minimum absolute atomic E-state index is 0.00521. The zero-order valence-electron chi connectivity index (χ0n) is 22.3. The highest BCUT2D eigenvalue weighted by molar-refractivity contribution is 5.89. The first-order chi connectivity index (χ1) is 19.3. The molecule has 1 unspecified atom stereocenters. The molecular weight excluding hydrogens is 554 g/mol. The van der Waals surface area contributed by atoms with Crippen molar-refractivity contribution in [2.45, 2.75) is 77.0 Å². The van der Waals surface area contributed by atoms with Crippen molar-refractivity contribution in [2.24, 2.45) is 0 Å². The second-order valence-corrected chi connectivity index (χ2v) is 10.5. The van der Waals surface area contributed by atoms with E-state index in [0.29, 0.717) is 42.8 Å². The van der Waals surface area contributed by atoms with Gasteiger partial charge in [-0.3, -0.25) is 4.90 Å². The maximum Gasteiger partial charge on any atom is 0.416 e. The van der Waals surface area contributed by atoms with Gasteiger partial charge in [-0.05, 0) is 97.7 Å². The summed E-state index contributed by atoms with van der Waals surface area (Å²) in [5.41, 5.74) is 0.419. The van der Waals surface area contributed by atoms with E-state index in [0.717, 1.165) is 30.4 Å². The average molecular weight is 583 g/mol. The molecule has 8 nitrogen and oxygen atoms in total. The number of tetrazole rings is 1. The number of carbonyl (C=O) groups excluding carboxylic acids is 1. The number of carbonyl (C=O) groups is 1. The van der Waals surface area contributed by atoms with Crippen LogP contribution in [-0.4, -0.2) is 39.4 Å². The Hall–Kier alpha value is -3.84. The highest BCUT2D eigenvalue weighted by Gasteiger charge is 2.38. The van der Waals surface area contributed by atoms with Crippen molar-refractivity contribution in [3.63, 3.8) is 0 Å². The summed E-state index contributed by atoms with van der Waals surface area (Å²) >= 11 is 0. The first kappa shape index (κ1) is 28.7. The molecule has 14 heteroatoms. The van der Waals surface area contributed by atoms with Gasteiger partial charge >= 0.3 is 18.4 Å². The van der Waals surface area contributed by atoms with E-state index in [1.165, 1.54) is 4.90 Å². The lowest BCUT2D eigenvalue weighted by Crippen LogP contribution is -2.34. The Morgan fingerprint density at radius 1 is 1.02 bits per heavy atom. The molecule has 1 atom stereocenters. The predicted octanol–water partition coefficient (Wildman–Crippen LogP) is 6.62. The molecule has 41 heavy (non-hydrogen) atoms. The second-order valence-electron chi connectivity index (χ2n) is 10.5. The molecule has 1 aliphatic heterocycles. The van der Waals surface area contributed by atoms with Gasteiger partial charge in [-0.15, -0.1) is 5.10 Å². The molecule has 1 amide bonds. The van der Waals surface area contributed by atoms with Crippen molar-refractivity contribution in [2.75, 3.05) is 16.3 Å². The van der Waals surface area contributed by atoms with Crippen molar-refractivity contribution in [1.82, 2.24) is 20.6 Å². The normalized spacial score (nSPS) is 17.3. The lowest BCUT2D eigenvalue weighted by molar-refractivity contribution is -0.143. The fourth-order valence-electron chi connectivity index (χ4n) is 5.53. The van der Waals surface area contributed by atoms with Gasteiger partial charge in [0.2, 0.25) is 0 Å². The van der Waals surface area contributed by atoms with Gasteiger partial charge in [0.25, 0.3) is 5.95 Å². The Kier molecular flexibility index (Phi) is 7.60. The van der Waals surface area contributed by atoms with Crippen LogP contribution in [0.2, 0.25) is 0 Å². The van der Waals surface area contributed by atoms with Gasteiger partial charge in [0.05, 0.1) is 29.0 Å². The molecule has 2 aromatic carbocycles. The van der Waals surface area contributed by atoms with Crippen LogP contribution in [0.1, 0.15) is 72.5 Å². The number of H-pyrrole nitrogens is 1. The Morgan fingerprint density at radius 2 is 1.68 bits per heavy atom. The molecule has 1 N–H and O–H groups in total. The number of aromatic nitrogens is 4. The second kappa shape index (κ2) is 10.9. The quantitative estimate of drug-likeness (QED) is 0.341. The zero-order chi connectivity index (χ0) is 29.5. The van der Waals surface area contributed by atoms with Gasteiger partial charge < -0.3 is 9.64 Å². The number of fused-ring (bicyclic) bond motifs is 2. The van der Waals surface area contributed by atoms with Crippen LogP contribution < -0.4 is 9.80 Å². The van der Waals surface area contributed by atoms with Gasteiger partial charge in [0.1, 0.15) is 0 Å². The SMILES string of the molecule is CC(C)OC(=O)N1CCCC(N(Cc2cc(C(F)(F)F)cc(C(F)(F)F)c2)c2nn[nH]n2)c2cc3c(cc21)CCC3. The molecule has 0 saturated carbocycles. The molecule has 1 aromatic heterocycles. The van der Waals surface area contributed by atoms with E-state index >= 15 is 0 Å². The number of benzene rings is 2. The lowest BCUT2D eigenvalue weighted by Gasteiger charge is -2.32. The Labute approximate surface area is 231 Å². The fraction of sp³-hybridized carbons (Fsp3) is 0.481. The van der Waals surface area contributed by atoms with E-state index < -0.39 is 35.6 Å². The summed E-state index contributed by atoms with van der Waals surface area (Å²) in [5, 5.41) is 14.0. The number of nitrogens with one attached hydrogen (secondary N) is 1. The molecule has 0 bridgehead atoms. The topological polar surface area (TPSA) is 87.2 Å². The van der Waals surface area contributed by atoms with E-state index in [-0.39, 0.29) is 30.2 Å². The van der Waals surface area contributed by atoms with Gasteiger partial charge in [-0.25, -0.2) is 4.79 Å². The number of aryl methyl sites for hydroxylation is 2. The van der Waals surface area contributed by atoms with Crippen LogP contribution in [-0.2, 0) is 36.5 Å². The molecule has 3 aromatic rings. The number of aromatic amines is 1. The number of ether oxygens (including phenoxy) is 1. The summed E-state index contributed by atoms with van der Waals surface area (Å²) in [5.74, 6) is 0.00521. The molecule has 5 rings (SSSR count). The molecule has 0 radical (unpaired) electrons. The van der Waals surface area contributed by atoms with Crippen LogP contribution in [0, 0.1) is 0 Å². The Bertz CT molecular complexity index is 1370. The van der Waals surface area contributed by atoms with Crippen molar-refractivity contribution < 1.29 is 35.9 Å². The maximum absolute atomic E-state index is 13.6. The van der Waals surface area contributed by atoms with Crippen LogP contribution in [0.5, 0.6) is 0 Å². The smallest absolute Gasteiger partial charge is 0.416 e. The lowest BCUT2D eigenvalue weighted by atomic mass is 9.95. The summed E-state index contributed by atoms with van der Waals surface area (Å²) in [6, 6.07) is 4.84. The summed E-state index contributed by atoms with van der Waals surface area (Å²) in [6.07, 6.45) is -7.40. The monoisotopic (exact) mass is 582 g/mol. The third kappa shape index (κ3) is 6.10. The summed E-state index contributed by atoms with van der Waals surface area (Å²) in [4.78, 5) is 16.2. The minimum atomic E-state index is -4.99. The van der Waals surface area contributed by atoms with Crippen molar-refractivity contribution in [1.29, 1.82) is 0 Å². The highest BCUT2D eigenvalue weighted by Crippen LogP contribution is 2.43. The van der Waals surface area contributed by atoms with E-state index in [1.54, 1.807) is 18.7 Å². The van der Waals surface area contributed by atoms with Crippen LogP contribution in [0.25, 0.3) is 0 Å². The number of anilines is 2. The minimum Gasteiger partial charge on any atom is -0.446 e. The molecule has 1 aliphatic carbocycles. The molecular formula is C27H28F6N6O2. The third-order valence-corrected chi connectivity index (χ3v) is 7.27. The van der Waals surface area contributed by atoms with E-state index in [9.17, 15) is 31.1 Å². The summed E-state index contributed by atoms with van der Waals surface area (Å²) < 4.78 is 87.2. The standard InChI is InChI=1S/C27H28F6N6O2/c1-15(2)41-25(40)38-8-4-7-22(21-11-17-5-3-6-18(17)12-23(21)38)39(24-34-36-37-35-24)14-16-9-19(26(28,29)30)13-20(10-16)27(31,32)33/h9-13,15,22H,3-8,14H2,1-2H3,(H,34,35,36,37). The van der Waals surface area contributed by atoms with Crippen LogP contribution >= 0.6 is 0 Å². The molecule has 0 spiro atoms. The molecule has 0 fully saturated rings. The molecule has 220 valence electrons. The Morgan fingerprint density at radius 3 is 2.27 bits per heavy atom. The van der Waals surface area contributed by atoms with E-state index in [2.05, 4.69) is 20.6 Å².